The highest BCUT2D eigenvalue weighted by molar-refractivity contribution is 6.64. The molecule has 0 aromatic carbocycles. The fourth-order valence-electron chi connectivity index (χ4n) is 4.27. The van der Waals surface area contributed by atoms with Crippen LogP contribution in [0.4, 0.5) is 0 Å². The molecule has 0 aliphatic rings. The molecular formula is C20H46O6Si2. The van der Waals surface area contributed by atoms with Crippen molar-refractivity contribution in [3.05, 3.63) is 0 Å². The number of hydrogen-bond donors (Lipinski definition) is 0. The van der Waals surface area contributed by atoms with Gasteiger partial charge in [-0.25, -0.2) is 0 Å². The second-order valence-corrected chi connectivity index (χ2v) is 12.3. The molecule has 0 aromatic heterocycles. The quantitative estimate of drug-likeness (QED) is 0.271. The normalized spacial score (nSPS) is 16.2. The maximum Gasteiger partial charge on any atom is 0.504 e. The van der Waals surface area contributed by atoms with Crippen LogP contribution in [-0.4, -0.2) is 57.3 Å². The van der Waals surface area contributed by atoms with Crippen molar-refractivity contribution >= 4 is 17.6 Å². The molecule has 0 aromatic rings. The lowest BCUT2D eigenvalue weighted by molar-refractivity contribution is 0.0379. The summed E-state index contributed by atoms with van der Waals surface area (Å²) in [6.07, 6.45) is 1.83. The molecule has 2 unspecified atom stereocenters. The Labute approximate surface area is 176 Å². The third-order valence-electron chi connectivity index (χ3n) is 5.13. The third-order valence-corrected chi connectivity index (χ3v) is 13.0. The van der Waals surface area contributed by atoms with Crippen molar-refractivity contribution in [3.8, 4) is 0 Å². The molecule has 0 amide bonds. The minimum absolute atomic E-state index is 0.158. The Kier molecular flexibility index (Phi) is 15.2. The third kappa shape index (κ3) is 7.16. The van der Waals surface area contributed by atoms with E-state index in [2.05, 4.69) is 20.8 Å². The summed E-state index contributed by atoms with van der Waals surface area (Å²) in [5.74, 6) is 0.225. The van der Waals surface area contributed by atoms with Crippen molar-refractivity contribution in [2.24, 2.45) is 5.92 Å². The predicted molar refractivity (Wildman–Crippen MR) is 119 cm³/mol. The Hall–Kier alpha value is 0.194. The van der Waals surface area contributed by atoms with Crippen LogP contribution in [0.25, 0.3) is 0 Å². The van der Waals surface area contributed by atoms with Gasteiger partial charge in [0.1, 0.15) is 0 Å². The van der Waals surface area contributed by atoms with E-state index in [-0.39, 0.29) is 17.0 Å². The van der Waals surface area contributed by atoms with Crippen LogP contribution in [-0.2, 0) is 26.6 Å². The van der Waals surface area contributed by atoms with E-state index in [1.807, 2.05) is 41.5 Å². The van der Waals surface area contributed by atoms with Crippen LogP contribution in [0.15, 0.2) is 0 Å². The smallest absolute Gasteiger partial charge is 0.374 e. The summed E-state index contributed by atoms with van der Waals surface area (Å²) in [5.41, 5.74) is 0.316. The lowest BCUT2D eigenvalue weighted by Crippen LogP contribution is -2.57. The van der Waals surface area contributed by atoms with Crippen LogP contribution in [0, 0.1) is 5.92 Å². The van der Waals surface area contributed by atoms with Crippen LogP contribution >= 0.6 is 0 Å². The van der Waals surface area contributed by atoms with E-state index in [4.69, 9.17) is 26.6 Å². The molecular weight excluding hydrogens is 392 g/mol. The van der Waals surface area contributed by atoms with Crippen molar-refractivity contribution in [2.45, 2.75) is 86.2 Å². The monoisotopic (exact) mass is 438 g/mol. The molecule has 0 aliphatic heterocycles. The van der Waals surface area contributed by atoms with Crippen molar-refractivity contribution in [3.63, 3.8) is 0 Å². The maximum atomic E-state index is 6.26. The molecule has 28 heavy (non-hydrogen) atoms. The Bertz CT molecular complexity index is 318. The van der Waals surface area contributed by atoms with Gasteiger partial charge in [-0.05, 0) is 60.3 Å². The summed E-state index contributed by atoms with van der Waals surface area (Å²) < 4.78 is 37.6. The van der Waals surface area contributed by atoms with Crippen LogP contribution < -0.4 is 0 Å². The molecule has 0 spiro atoms. The van der Waals surface area contributed by atoms with Gasteiger partial charge in [-0.3, -0.25) is 0 Å². The Balaban J connectivity index is 6.12. The number of hydrogen-bond acceptors (Lipinski definition) is 6. The summed E-state index contributed by atoms with van der Waals surface area (Å²) in [6.45, 7) is 22.2. The van der Waals surface area contributed by atoms with Crippen LogP contribution in [0.3, 0.4) is 0 Å². The SMILES string of the molecule is CCO[Si](OCC)(OCC)C(CC)C(C)C(CC)[Si](OCC)(OCC)OCC. The Morgan fingerprint density at radius 3 is 0.821 bits per heavy atom. The first-order valence-corrected chi connectivity index (χ1v) is 14.9. The predicted octanol–water partition coefficient (Wildman–Crippen LogP) is 5.28. The van der Waals surface area contributed by atoms with E-state index in [0.717, 1.165) is 12.8 Å². The molecule has 0 N–H and O–H groups in total. The lowest BCUT2D eigenvalue weighted by Gasteiger charge is -2.44. The lowest BCUT2D eigenvalue weighted by atomic mass is 9.99. The van der Waals surface area contributed by atoms with Gasteiger partial charge in [0.05, 0.1) is 0 Å². The number of rotatable bonds is 18. The second kappa shape index (κ2) is 15.1. The largest absolute Gasteiger partial charge is 0.504 e. The molecule has 0 aliphatic carbocycles. The van der Waals surface area contributed by atoms with Gasteiger partial charge in [-0.1, -0.05) is 20.8 Å². The molecule has 0 bridgehead atoms. The van der Waals surface area contributed by atoms with Crippen LogP contribution in [0.2, 0.25) is 11.1 Å². The highest BCUT2D eigenvalue weighted by Gasteiger charge is 2.58. The van der Waals surface area contributed by atoms with Gasteiger partial charge in [0.2, 0.25) is 0 Å². The van der Waals surface area contributed by atoms with E-state index in [1.165, 1.54) is 0 Å². The molecule has 170 valence electrons. The van der Waals surface area contributed by atoms with Gasteiger partial charge < -0.3 is 26.6 Å². The fraction of sp³-hybridized carbons (Fsp3) is 1.00. The van der Waals surface area contributed by atoms with Gasteiger partial charge in [-0.15, -0.1) is 0 Å². The molecule has 0 radical (unpaired) electrons. The van der Waals surface area contributed by atoms with E-state index >= 15 is 0 Å². The van der Waals surface area contributed by atoms with Crippen LogP contribution in [0.1, 0.15) is 75.2 Å². The first-order chi connectivity index (χ1) is 13.4. The first-order valence-electron chi connectivity index (χ1n) is 11.3. The van der Waals surface area contributed by atoms with E-state index in [1.54, 1.807) is 0 Å². The van der Waals surface area contributed by atoms with Crippen LogP contribution in [0.5, 0.6) is 0 Å². The van der Waals surface area contributed by atoms with Gasteiger partial charge in [0.15, 0.2) is 0 Å². The van der Waals surface area contributed by atoms with Gasteiger partial charge >= 0.3 is 17.6 Å². The van der Waals surface area contributed by atoms with E-state index in [0.29, 0.717) is 39.6 Å². The van der Waals surface area contributed by atoms with Gasteiger partial charge in [0.25, 0.3) is 0 Å². The molecule has 0 saturated carbocycles. The summed E-state index contributed by atoms with van der Waals surface area (Å²) in [6, 6.07) is 0. The second-order valence-electron chi connectivity index (χ2n) is 6.69. The Morgan fingerprint density at radius 2 is 0.679 bits per heavy atom. The Morgan fingerprint density at radius 1 is 0.464 bits per heavy atom. The molecule has 2 atom stereocenters. The molecule has 0 saturated heterocycles. The summed E-state index contributed by atoms with van der Waals surface area (Å²) in [5, 5.41) is 0. The first kappa shape index (κ1) is 28.2. The summed E-state index contributed by atoms with van der Waals surface area (Å²) in [4.78, 5) is 0. The van der Waals surface area contributed by atoms with Gasteiger partial charge in [0, 0.05) is 50.7 Å². The topological polar surface area (TPSA) is 55.4 Å². The minimum Gasteiger partial charge on any atom is -0.374 e. The highest BCUT2D eigenvalue weighted by Crippen LogP contribution is 2.47. The van der Waals surface area contributed by atoms with E-state index < -0.39 is 17.6 Å². The molecule has 0 heterocycles. The van der Waals surface area contributed by atoms with Crippen molar-refractivity contribution in [1.82, 2.24) is 0 Å². The van der Waals surface area contributed by atoms with Crippen molar-refractivity contribution in [1.29, 1.82) is 0 Å². The minimum atomic E-state index is -2.86. The fourth-order valence-corrected chi connectivity index (χ4v) is 11.4. The highest BCUT2D eigenvalue weighted by atomic mass is 28.4. The molecule has 6 nitrogen and oxygen atoms in total. The molecule has 0 rings (SSSR count). The average molecular weight is 439 g/mol. The zero-order chi connectivity index (χ0) is 21.6. The van der Waals surface area contributed by atoms with Gasteiger partial charge in [-0.2, -0.15) is 0 Å². The summed E-state index contributed by atoms with van der Waals surface area (Å²) in [7, 11) is -5.72. The summed E-state index contributed by atoms with van der Waals surface area (Å²) >= 11 is 0. The average Bonchev–Trinajstić information content (AvgIpc) is 2.64. The zero-order valence-corrected chi connectivity index (χ0v) is 21.8. The van der Waals surface area contributed by atoms with Crippen molar-refractivity contribution < 1.29 is 26.6 Å². The maximum absolute atomic E-state index is 6.26. The molecule has 0 fully saturated rings. The van der Waals surface area contributed by atoms with Crippen molar-refractivity contribution in [2.75, 3.05) is 39.6 Å². The molecule has 8 heteroatoms. The van der Waals surface area contributed by atoms with E-state index in [9.17, 15) is 0 Å². The standard InChI is InChI=1S/C20H46O6Si2/c1-10-19(27(21-12-3,22-13-4)23-14-5)18(9)20(11-2)28(24-15-6,25-16-7)26-17-8/h18-20H,10-17H2,1-9H3. The zero-order valence-electron chi connectivity index (χ0n) is 19.8.